The maximum absolute atomic E-state index is 13.7. The van der Waals surface area contributed by atoms with E-state index in [1.807, 2.05) is 30.5 Å². The van der Waals surface area contributed by atoms with Crippen LogP contribution in [0.15, 0.2) is 54.7 Å². The molecule has 0 spiro atoms. The number of anilines is 1. The summed E-state index contributed by atoms with van der Waals surface area (Å²) in [6.07, 6.45) is 6.83. The second-order valence-electron chi connectivity index (χ2n) is 12.5. The Morgan fingerprint density at radius 2 is 1.63 bits per heavy atom. The number of ketones is 1. The van der Waals surface area contributed by atoms with E-state index in [1.165, 1.54) is 12.1 Å². The molecule has 3 saturated carbocycles. The van der Waals surface area contributed by atoms with Gasteiger partial charge in [-0.15, -0.1) is 0 Å². The smallest absolute Gasteiger partial charge is 0.153 e. The third-order valence-electron chi connectivity index (χ3n) is 9.76. The SMILES string of the molecule is N#CC1(CC(=O)[C@@H]2CC3CC3C[C@H]2c2nn(-c3ccc(F)cc3)cc2-c2ccc(N3CCS(=O)(=O)CC3)cc2)CC1. The predicted molar refractivity (Wildman–Crippen MR) is 154 cm³/mol. The van der Waals surface area contributed by atoms with Crippen LogP contribution in [0.4, 0.5) is 10.1 Å². The molecule has 0 radical (unpaired) electrons. The van der Waals surface area contributed by atoms with E-state index in [0.717, 1.165) is 60.3 Å². The second-order valence-corrected chi connectivity index (χ2v) is 14.8. The number of rotatable bonds is 7. The van der Waals surface area contributed by atoms with Gasteiger partial charge >= 0.3 is 0 Å². The fourth-order valence-corrected chi connectivity index (χ4v) is 8.10. The van der Waals surface area contributed by atoms with Crippen molar-refractivity contribution in [2.45, 2.75) is 44.4 Å². The third kappa shape index (κ3) is 5.19. The molecule has 2 unspecified atom stereocenters. The molecular formula is C32H33FN4O3S. The maximum Gasteiger partial charge on any atom is 0.153 e. The number of hydrogen-bond acceptors (Lipinski definition) is 6. The van der Waals surface area contributed by atoms with Gasteiger partial charge in [0.25, 0.3) is 0 Å². The van der Waals surface area contributed by atoms with Crippen LogP contribution >= 0.6 is 0 Å². The standard InChI is InChI=1S/C32H33FN4O3S/c33-24-3-7-26(8-4-24)37-19-29(21-1-5-25(6-2-21)36-11-13-41(39,40)14-12-36)31(35-37)28-17-23-15-22(23)16-27(28)30(38)18-32(20-34)9-10-32/h1-8,19,22-23,27-28H,9-18H2/t22?,23?,27-,28-/m1/s1. The molecule has 4 fully saturated rings. The molecule has 2 heterocycles. The number of nitriles is 1. The Balaban J connectivity index is 1.24. The van der Waals surface area contributed by atoms with E-state index in [0.29, 0.717) is 31.3 Å². The summed E-state index contributed by atoms with van der Waals surface area (Å²) in [4.78, 5) is 15.8. The predicted octanol–water partition coefficient (Wildman–Crippen LogP) is 5.31. The minimum Gasteiger partial charge on any atom is -0.369 e. The molecular weight excluding hydrogens is 539 g/mol. The van der Waals surface area contributed by atoms with Crippen molar-refractivity contribution in [1.82, 2.24) is 9.78 Å². The van der Waals surface area contributed by atoms with Crippen molar-refractivity contribution in [3.05, 3.63) is 66.2 Å². The Hall–Kier alpha value is -3.51. The van der Waals surface area contributed by atoms with Crippen molar-refractivity contribution in [3.63, 3.8) is 0 Å². The molecule has 4 aliphatic rings. The number of fused-ring (bicyclic) bond motifs is 1. The molecule has 7 rings (SSSR count). The minimum absolute atomic E-state index is 0.0376. The molecule has 1 aromatic heterocycles. The lowest BCUT2D eigenvalue weighted by Gasteiger charge is -2.30. The van der Waals surface area contributed by atoms with Gasteiger partial charge in [-0.3, -0.25) is 4.79 Å². The highest BCUT2D eigenvalue weighted by molar-refractivity contribution is 7.91. The lowest BCUT2D eigenvalue weighted by Crippen LogP contribution is -2.40. The van der Waals surface area contributed by atoms with Gasteiger partial charge in [-0.05, 0) is 85.9 Å². The van der Waals surface area contributed by atoms with E-state index in [4.69, 9.17) is 5.10 Å². The molecule has 9 heteroatoms. The van der Waals surface area contributed by atoms with E-state index in [1.54, 1.807) is 16.8 Å². The summed E-state index contributed by atoms with van der Waals surface area (Å²) in [7, 11) is -2.96. The number of carbonyl (C=O) groups excluding carboxylic acids is 1. The number of sulfone groups is 1. The Bertz CT molecular complexity index is 1620. The van der Waals surface area contributed by atoms with Gasteiger partial charge in [0.2, 0.25) is 0 Å². The minimum atomic E-state index is -2.96. The van der Waals surface area contributed by atoms with E-state index >= 15 is 0 Å². The lowest BCUT2D eigenvalue weighted by molar-refractivity contribution is -0.125. The van der Waals surface area contributed by atoms with E-state index in [2.05, 4.69) is 11.0 Å². The molecule has 3 aliphatic carbocycles. The van der Waals surface area contributed by atoms with Gasteiger partial charge in [-0.1, -0.05) is 12.1 Å². The topological polar surface area (TPSA) is 96.1 Å². The monoisotopic (exact) mass is 572 g/mol. The first-order valence-electron chi connectivity index (χ1n) is 14.6. The zero-order chi connectivity index (χ0) is 28.4. The average molecular weight is 573 g/mol. The molecule has 0 N–H and O–H groups in total. The zero-order valence-corrected chi connectivity index (χ0v) is 23.7. The summed E-state index contributed by atoms with van der Waals surface area (Å²) < 4.78 is 39.3. The summed E-state index contributed by atoms with van der Waals surface area (Å²) >= 11 is 0. The summed E-state index contributed by atoms with van der Waals surface area (Å²) in [5.41, 5.74) is 4.06. The van der Waals surface area contributed by atoms with Crippen molar-refractivity contribution in [2.75, 3.05) is 29.5 Å². The van der Waals surface area contributed by atoms with Gasteiger partial charge in [0, 0.05) is 48.8 Å². The molecule has 0 bridgehead atoms. The van der Waals surface area contributed by atoms with Crippen molar-refractivity contribution in [2.24, 2.45) is 23.2 Å². The molecule has 4 atom stereocenters. The highest BCUT2D eigenvalue weighted by Crippen LogP contribution is 2.58. The molecule has 41 heavy (non-hydrogen) atoms. The molecule has 0 amide bonds. The fourth-order valence-electron chi connectivity index (χ4n) is 6.90. The van der Waals surface area contributed by atoms with Crippen LogP contribution < -0.4 is 4.90 Å². The number of hydrogen-bond donors (Lipinski definition) is 0. The van der Waals surface area contributed by atoms with Crippen LogP contribution in [-0.4, -0.2) is 48.6 Å². The van der Waals surface area contributed by atoms with Crippen molar-refractivity contribution >= 4 is 21.3 Å². The second kappa shape index (κ2) is 9.80. The molecule has 3 aromatic rings. The first-order chi connectivity index (χ1) is 19.7. The van der Waals surface area contributed by atoms with Crippen LogP contribution in [0, 0.1) is 40.3 Å². The first-order valence-corrected chi connectivity index (χ1v) is 16.4. The van der Waals surface area contributed by atoms with Gasteiger partial charge in [0.15, 0.2) is 9.84 Å². The molecule has 212 valence electrons. The lowest BCUT2D eigenvalue weighted by atomic mass is 9.72. The molecule has 2 aromatic carbocycles. The number of carbonyl (C=O) groups is 1. The number of benzene rings is 2. The van der Waals surface area contributed by atoms with E-state index in [9.17, 15) is 22.9 Å². The Morgan fingerprint density at radius 1 is 0.976 bits per heavy atom. The quantitative estimate of drug-likeness (QED) is 0.381. The summed E-state index contributed by atoms with van der Waals surface area (Å²) in [6.45, 7) is 0.960. The fraction of sp³-hybridized carbons (Fsp3) is 0.469. The molecule has 1 saturated heterocycles. The van der Waals surface area contributed by atoms with Crippen LogP contribution in [0.25, 0.3) is 16.8 Å². The number of nitrogens with zero attached hydrogens (tertiary/aromatic N) is 4. The highest BCUT2D eigenvalue weighted by Gasteiger charge is 2.52. The van der Waals surface area contributed by atoms with Gasteiger partial charge < -0.3 is 4.90 Å². The highest BCUT2D eigenvalue weighted by atomic mass is 32.2. The average Bonchev–Trinajstić information content (AvgIpc) is 3.88. The van der Waals surface area contributed by atoms with Gasteiger partial charge in [-0.25, -0.2) is 17.5 Å². The summed E-state index contributed by atoms with van der Waals surface area (Å²) in [6, 6.07) is 16.8. The number of Topliss-reactive ketones (excluding diaryl/α,β-unsaturated/α-hetero) is 1. The van der Waals surface area contributed by atoms with Crippen molar-refractivity contribution < 1.29 is 17.6 Å². The largest absolute Gasteiger partial charge is 0.369 e. The van der Waals surface area contributed by atoms with Crippen LogP contribution in [0.5, 0.6) is 0 Å². The maximum atomic E-state index is 13.7. The Labute approximate surface area is 239 Å². The van der Waals surface area contributed by atoms with Crippen LogP contribution in [0.3, 0.4) is 0 Å². The summed E-state index contributed by atoms with van der Waals surface area (Å²) in [5.74, 6) is 1.21. The first kappa shape index (κ1) is 26.4. The third-order valence-corrected chi connectivity index (χ3v) is 11.4. The number of halogens is 1. The Kier molecular flexibility index (Phi) is 6.31. The van der Waals surface area contributed by atoms with Crippen LogP contribution in [0.2, 0.25) is 0 Å². The van der Waals surface area contributed by atoms with Gasteiger partial charge in [0.05, 0.1) is 34.4 Å². The zero-order valence-electron chi connectivity index (χ0n) is 22.9. The normalized spacial score (nSPS) is 27.5. The van der Waals surface area contributed by atoms with Crippen LogP contribution in [0.1, 0.15) is 50.1 Å². The molecule has 1 aliphatic heterocycles. The van der Waals surface area contributed by atoms with Crippen molar-refractivity contribution in [1.29, 1.82) is 5.26 Å². The van der Waals surface area contributed by atoms with Gasteiger partial charge in [0.1, 0.15) is 11.6 Å². The number of aromatic nitrogens is 2. The Morgan fingerprint density at radius 3 is 2.29 bits per heavy atom. The molecule has 7 nitrogen and oxygen atoms in total. The summed E-state index contributed by atoms with van der Waals surface area (Å²) in [5, 5.41) is 14.7. The van der Waals surface area contributed by atoms with Crippen LogP contribution in [-0.2, 0) is 14.6 Å². The van der Waals surface area contributed by atoms with E-state index < -0.39 is 15.3 Å². The van der Waals surface area contributed by atoms with E-state index in [-0.39, 0.29) is 34.9 Å². The van der Waals surface area contributed by atoms with Crippen molar-refractivity contribution in [3.8, 4) is 22.9 Å². The van der Waals surface area contributed by atoms with Gasteiger partial charge in [-0.2, -0.15) is 10.4 Å².